The highest BCUT2D eigenvalue weighted by atomic mass is 35.5. The van der Waals surface area contributed by atoms with Gasteiger partial charge < -0.3 is 0 Å². The Labute approximate surface area is 94.6 Å². The summed E-state index contributed by atoms with van der Waals surface area (Å²) < 4.78 is 12.6. The van der Waals surface area contributed by atoms with Gasteiger partial charge in [-0.3, -0.25) is 4.79 Å². The van der Waals surface area contributed by atoms with Crippen molar-refractivity contribution in [2.45, 2.75) is 4.90 Å². The first-order chi connectivity index (χ1) is 6.65. The molecule has 0 atom stereocenters. The molecule has 0 saturated heterocycles. The van der Waals surface area contributed by atoms with E-state index in [1.807, 2.05) is 0 Å². The van der Waals surface area contributed by atoms with E-state index in [1.54, 1.807) is 6.08 Å². The van der Waals surface area contributed by atoms with Crippen LogP contribution in [0.4, 0.5) is 3.89 Å². The molecule has 1 aromatic rings. The Morgan fingerprint density at radius 2 is 2.14 bits per heavy atom. The fourth-order valence-corrected chi connectivity index (χ4v) is 2.87. The molecule has 0 aromatic carbocycles. The highest BCUT2D eigenvalue weighted by molar-refractivity contribution is 7.94. The molecule has 1 rings (SSSR count). The number of hydrogen-bond acceptors (Lipinski definition) is 3. The van der Waals surface area contributed by atoms with Crippen molar-refractivity contribution in [2.75, 3.05) is 0 Å². The molecule has 1 heterocycles. The van der Waals surface area contributed by atoms with Crippen molar-refractivity contribution in [3.63, 3.8) is 0 Å². The maximum absolute atomic E-state index is 12.6. The van der Waals surface area contributed by atoms with Gasteiger partial charge >= 0.3 is 0 Å². The van der Waals surface area contributed by atoms with E-state index in [-0.39, 0.29) is 21.9 Å². The monoisotopic (exact) mass is 248 g/mol. The highest BCUT2D eigenvalue weighted by Gasteiger charge is 2.19. The van der Waals surface area contributed by atoms with Crippen LogP contribution in [0.15, 0.2) is 18.1 Å². The third kappa shape index (κ3) is 1.92. The quantitative estimate of drug-likeness (QED) is 0.735. The average Bonchev–Trinajstić information content (AvgIpc) is 2.54. The van der Waals surface area contributed by atoms with E-state index < -0.39 is 5.24 Å². The minimum atomic E-state index is -0.661. The van der Waals surface area contributed by atoms with Gasteiger partial charge in [0.2, 0.25) is 0 Å². The predicted molar refractivity (Wildman–Crippen MR) is 61.6 cm³/mol. The lowest BCUT2D eigenvalue weighted by Crippen LogP contribution is -1.85. The second-order valence-corrected chi connectivity index (χ2v) is 4.26. The summed E-state index contributed by atoms with van der Waals surface area (Å²) in [6.07, 6.45) is 3.03. The van der Waals surface area contributed by atoms with Crippen LogP contribution in [-0.2, 0) is 0 Å². The van der Waals surface area contributed by atoms with Crippen molar-refractivity contribution in [3.05, 3.63) is 28.5 Å². The topological polar surface area (TPSA) is 17.1 Å². The van der Waals surface area contributed by atoms with Gasteiger partial charge in [-0.05, 0) is 11.6 Å². The van der Waals surface area contributed by atoms with Crippen LogP contribution in [0.2, 0.25) is 0 Å². The summed E-state index contributed by atoms with van der Waals surface area (Å²) >= 11 is 6.42. The molecule has 0 bridgehead atoms. The van der Waals surface area contributed by atoms with Gasteiger partial charge in [0.25, 0.3) is 5.24 Å². The number of thiophene rings is 1. The molecular formula is C9H6ClFOS2. The summed E-state index contributed by atoms with van der Waals surface area (Å²) in [7, 11) is 0. The summed E-state index contributed by atoms with van der Waals surface area (Å²) in [5.74, 6) is 0. The first kappa shape index (κ1) is 11.5. The molecule has 0 aliphatic rings. The molecule has 14 heavy (non-hydrogen) atoms. The molecule has 0 aliphatic heterocycles. The second kappa shape index (κ2) is 4.77. The zero-order valence-corrected chi connectivity index (χ0v) is 9.44. The van der Waals surface area contributed by atoms with E-state index in [4.69, 9.17) is 11.6 Å². The molecule has 0 N–H and O–H groups in total. The van der Waals surface area contributed by atoms with E-state index >= 15 is 0 Å². The smallest absolute Gasteiger partial charge is 0.263 e. The number of hydrogen-bond donors (Lipinski definition) is 0. The van der Waals surface area contributed by atoms with Gasteiger partial charge in [-0.25, -0.2) is 0 Å². The van der Waals surface area contributed by atoms with Gasteiger partial charge in [0.15, 0.2) is 0 Å². The molecular weight excluding hydrogens is 243 g/mol. The highest BCUT2D eigenvalue weighted by Crippen LogP contribution is 2.38. The fraction of sp³-hybridized carbons (Fsp3) is 0. The van der Waals surface area contributed by atoms with Crippen LogP contribution in [0.3, 0.4) is 0 Å². The van der Waals surface area contributed by atoms with Gasteiger partial charge in [0.1, 0.15) is 4.88 Å². The van der Waals surface area contributed by atoms with Crippen molar-refractivity contribution in [1.82, 2.24) is 0 Å². The van der Waals surface area contributed by atoms with Crippen molar-refractivity contribution < 1.29 is 8.68 Å². The standard InChI is InChI=1S/C9H6ClFOS2/c1-3-5-6(4-2)13-8(9(10)12)7(5)14-11/h3-4H,1-2H2. The normalized spacial score (nSPS) is 9.86. The van der Waals surface area contributed by atoms with E-state index in [9.17, 15) is 8.68 Å². The van der Waals surface area contributed by atoms with Crippen molar-refractivity contribution in [3.8, 4) is 0 Å². The first-order valence-electron chi connectivity index (χ1n) is 3.55. The summed E-state index contributed by atoms with van der Waals surface area (Å²) in [6, 6.07) is 0. The molecule has 0 amide bonds. The van der Waals surface area contributed by atoms with Crippen LogP contribution in [0, 0.1) is 0 Å². The Morgan fingerprint density at radius 1 is 1.50 bits per heavy atom. The lowest BCUT2D eigenvalue weighted by Gasteiger charge is -1.93. The summed E-state index contributed by atoms with van der Waals surface area (Å²) in [6.45, 7) is 7.11. The Kier molecular flexibility index (Phi) is 3.92. The summed E-state index contributed by atoms with van der Waals surface area (Å²) in [5.41, 5.74) is 0.571. The average molecular weight is 249 g/mol. The van der Waals surface area contributed by atoms with Crippen LogP contribution in [0.5, 0.6) is 0 Å². The van der Waals surface area contributed by atoms with Crippen LogP contribution in [0.25, 0.3) is 12.2 Å². The van der Waals surface area contributed by atoms with Crippen molar-refractivity contribution in [1.29, 1.82) is 0 Å². The van der Waals surface area contributed by atoms with E-state index in [0.29, 0.717) is 10.4 Å². The molecule has 74 valence electrons. The molecule has 0 radical (unpaired) electrons. The summed E-state index contributed by atoms with van der Waals surface area (Å²) in [4.78, 5) is 12.1. The number of halogens is 2. The Hall–Kier alpha value is -0.580. The van der Waals surface area contributed by atoms with Gasteiger partial charge in [-0.15, -0.1) is 11.3 Å². The van der Waals surface area contributed by atoms with Crippen molar-refractivity contribution >= 4 is 52.5 Å². The lowest BCUT2D eigenvalue weighted by molar-refractivity contribution is 0.108. The first-order valence-corrected chi connectivity index (χ1v) is 5.46. The molecule has 0 unspecified atom stereocenters. The predicted octanol–water partition coefficient (Wildman–Crippen LogP) is 4.39. The van der Waals surface area contributed by atoms with Crippen LogP contribution >= 0.6 is 35.1 Å². The largest absolute Gasteiger partial charge is 0.275 e. The molecule has 0 aliphatic carbocycles. The van der Waals surface area contributed by atoms with Gasteiger partial charge in [0, 0.05) is 10.4 Å². The minimum Gasteiger partial charge on any atom is -0.275 e. The maximum atomic E-state index is 12.6. The van der Waals surface area contributed by atoms with Crippen LogP contribution < -0.4 is 0 Å². The molecule has 1 nitrogen and oxygen atoms in total. The molecule has 0 saturated carbocycles. The Bertz CT molecular complexity index is 398. The van der Waals surface area contributed by atoms with Crippen LogP contribution in [0.1, 0.15) is 20.1 Å². The van der Waals surface area contributed by atoms with Gasteiger partial charge in [-0.2, -0.15) is 3.89 Å². The SMILES string of the molecule is C=Cc1sc(C(=O)Cl)c(SF)c1C=C. The molecule has 0 spiro atoms. The summed E-state index contributed by atoms with van der Waals surface area (Å²) in [5, 5.41) is -0.661. The molecule has 1 aromatic heterocycles. The molecule has 0 fully saturated rings. The number of carbonyl (C=O) groups is 1. The molecule has 5 heteroatoms. The number of carbonyl (C=O) groups excluding carboxylic acids is 1. The Balaban J connectivity index is 3.45. The second-order valence-electron chi connectivity index (χ2n) is 2.30. The van der Waals surface area contributed by atoms with E-state index in [0.717, 1.165) is 11.3 Å². The lowest BCUT2D eigenvalue weighted by atomic mass is 10.2. The van der Waals surface area contributed by atoms with Gasteiger partial charge in [-0.1, -0.05) is 25.3 Å². The Morgan fingerprint density at radius 3 is 2.50 bits per heavy atom. The third-order valence-electron chi connectivity index (χ3n) is 1.57. The van der Waals surface area contributed by atoms with E-state index in [1.165, 1.54) is 6.08 Å². The third-order valence-corrected chi connectivity index (χ3v) is 3.78. The van der Waals surface area contributed by atoms with E-state index in [2.05, 4.69) is 13.2 Å². The zero-order chi connectivity index (χ0) is 10.7. The van der Waals surface area contributed by atoms with Gasteiger partial charge in [0.05, 0.1) is 17.0 Å². The minimum absolute atomic E-state index is 0.00273. The fourth-order valence-electron chi connectivity index (χ4n) is 0.996. The maximum Gasteiger partial charge on any atom is 0.263 e. The number of rotatable bonds is 4. The van der Waals surface area contributed by atoms with Crippen LogP contribution in [-0.4, -0.2) is 5.24 Å². The van der Waals surface area contributed by atoms with Crippen molar-refractivity contribution in [2.24, 2.45) is 0 Å². The zero-order valence-electron chi connectivity index (χ0n) is 7.05.